The summed E-state index contributed by atoms with van der Waals surface area (Å²) in [6.45, 7) is 9.35. The van der Waals surface area contributed by atoms with Gasteiger partial charge in [0.1, 0.15) is 12.5 Å². The van der Waals surface area contributed by atoms with Gasteiger partial charge < -0.3 is 9.84 Å². The predicted molar refractivity (Wildman–Crippen MR) is 114 cm³/mol. The van der Waals surface area contributed by atoms with Crippen LogP contribution in [-0.4, -0.2) is 38.1 Å². The summed E-state index contributed by atoms with van der Waals surface area (Å²) < 4.78 is 5.89. The molecule has 1 aliphatic rings. The van der Waals surface area contributed by atoms with Gasteiger partial charge in [-0.1, -0.05) is 56.0 Å². The molecular weight excluding hydrogens is 352 g/mol. The fraction of sp³-hybridized carbons (Fsp3) is 0.364. The number of hydrogen-bond acceptors (Lipinski definition) is 4. The molecule has 0 atom stereocenters. The molecule has 1 aliphatic heterocycles. The van der Waals surface area contributed by atoms with Gasteiger partial charge in [-0.15, -0.1) is 0 Å². The Morgan fingerprint density at radius 1 is 1.00 bits per heavy atom. The van der Waals surface area contributed by atoms with E-state index in [9.17, 15) is 5.11 Å². The number of ether oxygens (including phenoxy) is 1. The van der Waals surface area contributed by atoms with E-state index in [0.717, 1.165) is 19.6 Å². The fourth-order valence-corrected chi connectivity index (χ4v) is 3.77. The molecule has 144 valence electrons. The number of phenols is 1. The van der Waals surface area contributed by atoms with Gasteiger partial charge in [-0.3, -0.25) is 5.01 Å². The number of rotatable bonds is 8. The van der Waals surface area contributed by atoms with E-state index in [1.165, 1.54) is 28.4 Å². The van der Waals surface area contributed by atoms with Gasteiger partial charge in [-0.25, -0.2) is 5.43 Å². The predicted octanol–water partition coefficient (Wildman–Crippen LogP) is 4.46. The van der Waals surface area contributed by atoms with Crippen molar-refractivity contribution in [1.29, 1.82) is 0 Å². The Morgan fingerprint density at radius 2 is 1.63 bits per heavy atom. The first-order valence-electron chi connectivity index (χ1n) is 9.57. The first kappa shape index (κ1) is 19.7. The Labute approximate surface area is 163 Å². The van der Waals surface area contributed by atoms with E-state index in [0.29, 0.717) is 12.5 Å². The third kappa shape index (κ3) is 5.96. The SMILES string of the molecule is C[Si](C)(C)CCOCN1NCC=C1c1ccc(Cc2ccc(O)cc2)cc1. The number of nitrogens with zero attached hydrogens (tertiary/aromatic N) is 1. The van der Waals surface area contributed by atoms with E-state index >= 15 is 0 Å². The highest BCUT2D eigenvalue weighted by Gasteiger charge is 2.17. The number of benzene rings is 2. The Balaban J connectivity index is 1.56. The minimum Gasteiger partial charge on any atom is -0.508 e. The number of phenolic OH excluding ortho intramolecular Hbond substituents is 1. The molecule has 3 rings (SSSR count). The van der Waals surface area contributed by atoms with Crippen molar-refractivity contribution in [3.63, 3.8) is 0 Å². The summed E-state index contributed by atoms with van der Waals surface area (Å²) in [6, 6.07) is 17.3. The molecule has 5 heteroatoms. The molecule has 0 saturated carbocycles. The van der Waals surface area contributed by atoms with Crippen molar-refractivity contribution < 1.29 is 9.84 Å². The van der Waals surface area contributed by atoms with Crippen LogP contribution in [0.2, 0.25) is 25.7 Å². The molecule has 0 spiro atoms. The molecule has 0 radical (unpaired) electrons. The summed E-state index contributed by atoms with van der Waals surface area (Å²) >= 11 is 0. The normalized spacial score (nSPS) is 14.5. The standard InChI is InChI=1S/C22H30N2O2Si/c1-27(2,3)15-14-26-17-24-22(12-13-23-24)20-8-4-18(5-9-20)16-19-6-10-21(25)11-7-19/h4-12,23,25H,13-17H2,1-3H3. The molecule has 0 fully saturated rings. The van der Waals surface area contributed by atoms with Crippen LogP contribution in [-0.2, 0) is 11.2 Å². The maximum absolute atomic E-state index is 9.40. The highest BCUT2D eigenvalue weighted by atomic mass is 28.3. The lowest BCUT2D eigenvalue weighted by atomic mass is 10.0. The van der Waals surface area contributed by atoms with Gasteiger partial charge in [0.25, 0.3) is 0 Å². The molecule has 2 aromatic carbocycles. The van der Waals surface area contributed by atoms with E-state index < -0.39 is 8.07 Å². The highest BCUT2D eigenvalue weighted by molar-refractivity contribution is 6.76. The molecule has 2 aromatic rings. The largest absolute Gasteiger partial charge is 0.508 e. The third-order valence-corrected chi connectivity index (χ3v) is 6.38. The van der Waals surface area contributed by atoms with Crippen LogP contribution in [0.25, 0.3) is 5.70 Å². The lowest BCUT2D eigenvalue weighted by Gasteiger charge is -2.23. The van der Waals surface area contributed by atoms with E-state index in [-0.39, 0.29) is 0 Å². The smallest absolute Gasteiger partial charge is 0.133 e. The van der Waals surface area contributed by atoms with Crippen molar-refractivity contribution >= 4 is 13.8 Å². The van der Waals surface area contributed by atoms with Crippen LogP contribution >= 0.6 is 0 Å². The lowest BCUT2D eigenvalue weighted by Crippen LogP contribution is -2.34. The zero-order chi connectivity index (χ0) is 19.3. The van der Waals surface area contributed by atoms with Crippen LogP contribution in [0.5, 0.6) is 5.75 Å². The average Bonchev–Trinajstić information content (AvgIpc) is 3.09. The Hall–Kier alpha value is -2.08. The zero-order valence-corrected chi connectivity index (χ0v) is 17.5. The molecule has 0 aliphatic carbocycles. The minimum absolute atomic E-state index is 0.307. The quantitative estimate of drug-likeness (QED) is 0.523. The highest BCUT2D eigenvalue weighted by Crippen LogP contribution is 2.22. The summed E-state index contributed by atoms with van der Waals surface area (Å²) in [4.78, 5) is 0. The minimum atomic E-state index is -1.05. The van der Waals surface area contributed by atoms with Crippen LogP contribution in [0.1, 0.15) is 16.7 Å². The summed E-state index contributed by atoms with van der Waals surface area (Å²) in [7, 11) is -1.05. The molecular formula is C22H30N2O2Si. The second-order valence-corrected chi connectivity index (χ2v) is 13.9. The molecule has 0 unspecified atom stereocenters. The molecule has 0 aromatic heterocycles. The molecule has 4 nitrogen and oxygen atoms in total. The average molecular weight is 383 g/mol. The van der Waals surface area contributed by atoms with Crippen molar-refractivity contribution in [1.82, 2.24) is 10.4 Å². The van der Waals surface area contributed by atoms with Crippen molar-refractivity contribution in [3.05, 3.63) is 71.3 Å². The summed E-state index contributed by atoms with van der Waals surface area (Å²) in [5.41, 5.74) is 8.20. The van der Waals surface area contributed by atoms with Crippen molar-refractivity contribution in [2.75, 3.05) is 19.9 Å². The number of nitrogens with one attached hydrogen (secondary N) is 1. The maximum atomic E-state index is 9.40. The Bertz CT molecular complexity index is 764. The van der Waals surface area contributed by atoms with Crippen LogP contribution < -0.4 is 5.43 Å². The number of hydrazine groups is 1. The summed E-state index contributed by atoms with van der Waals surface area (Å²) in [5.74, 6) is 0.307. The molecule has 27 heavy (non-hydrogen) atoms. The van der Waals surface area contributed by atoms with Gasteiger partial charge in [0.15, 0.2) is 0 Å². The molecule has 0 saturated heterocycles. The summed E-state index contributed by atoms with van der Waals surface area (Å²) in [5, 5.41) is 11.5. The fourth-order valence-electron chi connectivity index (χ4n) is 3.01. The van der Waals surface area contributed by atoms with E-state index in [1.54, 1.807) is 12.1 Å². The molecule has 0 bridgehead atoms. The number of aromatic hydroxyl groups is 1. The zero-order valence-electron chi connectivity index (χ0n) is 16.5. The third-order valence-electron chi connectivity index (χ3n) is 4.68. The van der Waals surface area contributed by atoms with Gasteiger partial charge >= 0.3 is 0 Å². The van der Waals surface area contributed by atoms with Crippen LogP contribution in [0, 0.1) is 0 Å². The van der Waals surface area contributed by atoms with Crippen LogP contribution in [0.4, 0.5) is 0 Å². The maximum Gasteiger partial charge on any atom is 0.133 e. The number of hydrogen-bond donors (Lipinski definition) is 2. The first-order valence-corrected chi connectivity index (χ1v) is 13.3. The van der Waals surface area contributed by atoms with E-state index in [2.05, 4.69) is 60.4 Å². The second-order valence-electron chi connectivity index (χ2n) is 8.27. The lowest BCUT2D eigenvalue weighted by molar-refractivity contribution is 0.0498. The Morgan fingerprint density at radius 3 is 2.26 bits per heavy atom. The molecule has 0 amide bonds. The van der Waals surface area contributed by atoms with Crippen LogP contribution in [0.3, 0.4) is 0 Å². The van der Waals surface area contributed by atoms with Crippen molar-refractivity contribution in [2.24, 2.45) is 0 Å². The molecule has 1 heterocycles. The summed E-state index contributed by atoms with van der Waals surface area (Å²) in [6.07, 6.45) is 3.07. The van der Waals surface area contributed by atoms with Gasteiger partial charge in [0.05, 0.1) is 5.70 Å². The first-order chi connectivity index (χ1) is 12.9. The van der Waals surface area contributed by atoms with Crippen molar-refractivity contribution in [3.8, 4) is 5.75 Å². The van der Waals surface area contributed by atoms with E-state index in [1.807, 2.05) is 12.1 Å². The van der Waals surface area contributed by atoms with Crippen LogP contribution in [0.15, 0.2) is 54.6 Å². The van der Waals surface area contributed by atoms with Gasteiger partial charge in [-0.05, 0) is 47.4 Å². The molecule has 2 N–H and O–H groups in total. The van der Waals surface area contributed by atoms with Gasteiger partial charge in [0, 0.05) is 21.2 Å². The van der Waals surface area contributed by atoms with Gasteiger partial charge in [0.2, 0.25) is 0 Å². The van der Waals surface area contributed by atoms with Crippen molar-refractivity contribution in [2.45, 2.75) is 32.1 Å². The monoisotopic (exact) mass is 382 g/mol. The topological polar surface area (TPSA) is 44.7 Å². The second kappa shape index (κ2) is 8.74. The van der Waals surface area contributed by atoms with E-state index in [4.69, 9.17) is 4.74 Å². The Kier molecular flexibility index (Phi) is 6.37. The van der Waals surface area contributed by atoms with Gasteiger partial charge in [-0.2, -0.15) is 0 Å².